The van der Waals surface area contributed by atoms with Crippen LogP contribution in [0.1, 0.15) is 11.8 Å². The highest BCUT2D eigenvalue weighted by Gasteiger charge is 2.18. The summed E-state index contributed by atoms with van der Waals surface area (Å²) < 4.78 is 0. The van der Waals surface area contributed by atoms with Crippen LogP contribution in [0.2, 0.25) is 0 Å². The Morgan fingerprint density at radius 3 is 2.65 bits per heavy atom. The molecule has 26 heavy (non-hydrogen) atoms. The van der Waals surface area contributed by atoms with Gasteiger partial charge in [0, 0.05) is 56.5 Å². The second-order valence-corrected chi connectivity index (χ2v) is 7.43. The van der Waals surface area contributed by atoms with Crippen molar-refractivity contribution in [3.05, 3.63) is 35.7 Å². The number of hydrogen-bond donors (Lipinski definition) is 1. The third-order valence-electron chi connectivity index (χ3n) is 4.66. The maximum atomic E-state index is 4.43. The molecule has 3 aromatic rings. The smallest absolute Gasteiger partial charge is 0.225 e. The molecule has 0 aliphatic carbocycles. The number of rotatable bonds is 6. The monoisotopic (exact) mass is 369 g/mol. The first kappa shape index (κ1) is 17.1. The van der Waals surface area contributed by atoms with Crippen LogP contribution in [0.5, 0.6) is 0 Å². The standard InChI is InChI=1S/C18H23N7S/c1-2-14-12-15-16(22-13-23-17(15)26-14)19-6-7-24-8-10-25(11-9-24)18-20-4-3-5-21-18/h3-5,12-13H,2,6-11H2,1H3,(H,19,22,23). The van der Waals surface area contributed by atoms with Crippen LogP contribution in [0, 0.1) is 0 Å². The summed E-state index contributed by atoms with van der Waals surface area (Å²) in [5.41, 5.74) is 0. The molecule has 1 aliphatic rings. The highest BCUT2D eigenvalue weighted by atomic mass is 32.1. The van der Waals surface area contributed by atoms with Gasteiger partial charge < -0.3 is 10.2 Å². The maximum absolute atomic E-state index is 4.43. The van der Waals surface area contributed by atoms with Gasteiger partial charge in [0.2, 0.25) is 5.95 Å². The molecule has 7 nitrogen and oxygen atoms in total. The molecule has 0 spiro atoms. The lowest BCUT2D eigenvalue weighted by Gasteiger charge is -2.34. The molecular formula is C18H23N7S. The fourth-order valence-corrected chi connectivity index (χ4v) is 4.11. The summed E-state index contributed by atoms with van der Waals surface area (Å²) in [6, 6.07) is 4.06. The number of fused-ring (bicyclic) bond motifs is 1. The molecule has 4 heterocycles. The van der Waals surface area contributed by atoms with Crippen LogP contribution in [-0.2, 0) is 6.42 Å². The van der Waals surface area contributed by atoms with Gasteiger partial charge in [0.15, 0.2) is 0 Å². The van der Waals surface area contributed by atoms with Gasteiger partial charge in [-0.3, -0.25) is 4.90 Å². The molecule has 1 fully saturated rings. The zero-order valence-corrected chi connectivity index (χ0v) is 15.7. The number of aryl methyl sites for hydroxylation is 1. The van der Waals surface area contributed by atoms with Gasteiger partial charge in [-0.1, -0.05) is 6.92 Å². The minimum absolute atomic E-state index is 0.831. The summed E-state index contributed by atoms with van der Waals surface area (Å²) in [5, 5.41) is 4.63. The van der Waals surface area contributed by atoms with Crippen molar-refractivity contribution in [1.82, 2.24) is 24.8 Å². The van der Waals surface area contributed by atoms with Crippen LogP contribution in [0.4, 0.5) is 11.8 Å². The minimum atomic E-state index is 0.831. The summed E-state index contributed by atoms with van der Waals surface area (Å²) in [5.74, 6) is 1.78. The Bertz CT molecular complexity index is 843. The van der Waals surface area contributed by atoms with Crippen LogP contribution in [0.3, 0.4) is 0 Å². The second kappa shape index (κ2) is 7.92. The van der Waals surface area contributed by atoms with Gasteiger partial charge in [0.1, 0.15) is 17.0 Å². The van der Waals surface area contributed by atoms with Gasteiger partial charge in [0.05, 0.1) is 5.39 Å². The number of anilines is 2. The molecule has 4 rings (SSSR count). The van der Waals surface area contributed by atoms with Crippen molar-refractivity contribution in [1.29, 1.82) is 0 Å². The summed E-state index contributed by atoms with van der Waals surface area (Å²) in [6.45, 7) is 8.03. The van der Waals surface area contributed by atoms with E-state index in [9.17, 15) is 0 Å². The van der Waals surface area contributed by atoms with Gasteiger partial charge in [-0.2, -0.15) is 0 Å². The average molecular weight is 369 g/mol. The molecule has 1 N–H and O–H groups in total. The number of thiophene rings is 1. The maximum Gasteiger partial charge on any atom is 0.225 e. The molecule has 1 saturated heterocycles. The van der Waals surface area contributed by atoms with Gasteiger partial charge in [-0.15, -0.1) is 11.3 Å². The van der Waals surface area contributed by atoms with Gasteiger partial charge in [-0.05, 0) is 18.6 Å². The lowest BCUT2D eigenvalue weighted by Crippen LogP contribution is -2.48. The van der Waals surface area contributed by atoms with Crippen LogP contribution in [-0.4, -0.2) is 64.1 Å². The number of nitrogens with one attached hydrogen (secondary N) is 1. The fraction of sp³-hybridized carbons (Fsp3) is 0.444. The molecule has 0 aromatic carbocycles. The Balaban J connectivity index is 1.29. The Morgan fingerprint density at radius 2 is 1.88 bits per heavy atom. The van der Waals surface area contributed by atoms with Crippen LogP contribution in [0.15, 0.2) is 30.9 Å². The van der Waals surface area contributed by atoms with Crippen LogP contribution >= 0.6 is 11.3 Å². The predicted molar refractivity (Wildman–Crippen MR) is 106 cm³/mol. The Hall–Kier alpha value is -2.32. The van der Waals surface area contributed by atoms with Crippen molar-refractivity contribution < 1.29 is 0 Å². The van der Waals surface area contributed by atoms with Crippen molar-refractivity contribution in [2.45, 2.75) is 13.3 Å². The first-order valence-electron chi connectivity index (χ1n) is 9.05. The summed E-state index contributed by atoms with van der Waals surface area (Å²) in [7, 11) is 0. The normalized spacial score (nSPS) is 15.5. The first-order chi connectivity index (χ1) is 12.8. The lowest BCUT2D eigenvalue weighted by atomic mass is 10.3. The fourth-order valence-electron chi connectivity index (χ4n) is 3.18. The van der Waals surface area contributed by atoms with E-state index in [-0.39, 0.29) is 0 Å². The molecule has 0 unspecified atom stereocenters. The Morgan fingerprint density at radius 1 is 1.08 bits per heavy atom. The third kappa shape index (κ3) is 3.76. The molecule has 0 radical (unpaired) electrons. The molecule has 0 atom stereocenters. The number of aromatic nitrogens is 4. The van der Waals surface area contributed by atoms with Crippen LogP contribution in [0.25, 0.3) is 10.2 Å². The molecule has 1 aliphatic heterocycles. The topological polar surface area (TPSA) is 70.1 Å². The molecule has 136 valence electrons. The average Bonchev–Trinajstić information content (AvgIpc) is 3.13. The zero-order valence-electron chi connectivity index (χ0n) is 14.9. The Labute approximate surface area is 157 Å². The van der Waals surface area contributed by atoms with Crippen molar-refractivity contribution in [3.63, 3.8) is 0 Å². The van der Waals surface area contributed by atoms with Gasteiger partial charge in [-0.25, -0.2) is 19.9 Å². The van der Waals surface area contributed by atoms with E-state index < -0.39 is 0 Å². The van der Waals surface area contributed by atoms with E-state index in [0.29, 0.717) is 0 Å². The van der Waals surface area contributed by atoms with Crippen molar-refractivity contribution in [2.24, 2.45) is 0 Å². The van der Waals surface area contributed by atoms with E-state index in [1.165, 1.54) is 4.88 Å². The molecular weight excluding hydrogens is 346 g/mol. The van der Waals surface area contributed by atoms with E-state index in [0.717, 1.165) is 67.7 Å². The molecule has 8 heteroatoms. The van der Waals surface area contributed by atoms with Crippen LogP contribution < -0.4 is 10.2 Å². The molecule has 0 saturated carbocycles. The van der Waals surface area contributed by atoms with E-state index in [2.05, 4.69) is 48.0 Å². The third-order valence-corrected chi connectivity index (χ3v) is 5.84. The summed E-state index contributed by atoms with van der Waals surface area (Å²) in [6.07, 6.45) is 6.29. The molecule has 3 aromatic heterocycles. The van der Waals surface area contributed by atoms with E-state index in [1.807, 2.05) is 6.07 Å². The second-order valence-electron chi connectivity index (χ2n) is 6.31. The summed E-state index contributed by atoms with van der Waals surface area (Å²) >= 11 is 1.75. The first-order valence-corrected chi connectivity index (χ1v) is 9.86. The SMILES string of the molecule is CCc1cc2c(NCCN3CCN(c4ncccn4)CC3)ncnc2s1. The van der Waals surface area contributed by atoms with Gasteiger partial charge >= 0.3 is 0 Å². The highest BCUT2D eigenvalue weighted by molar-refractivity contribution is 7.18. The Kier molecular flexibility index (Phi) is 5.21. The van der Waals surface area contributed by atoms with E-state index in [1.54, 1.807) is 30.1 Å². The van der Waals surface area contributed by atoms with Gasteiger partial charge in [0.25, 0.3) is 0 Å². The summed E-state index contributed by atoms with van der Waals surface area (Å²) in [4.78, 5) is 24.6. The number of piperazine rings is 1. The van der Waals surface area contributed by atoms with E-state index in [4.69, 9.17) is 0 Å². The molecule has 0 bridgehead atoms. The van der Waals surface area contributed by atoms with Crippen molar-refractivity contribution in [2.75, 3.05) is 49.5 Å². The predicted octanol–water partition coefficient (Wildman–Crippen LogP) is 2.28. The zero-order chi connectivity index (χ0) is 17.8. The van der Waals surface area contributed by atoms with Crippen molar-refractivity contribution in [3.8, 4) is 0 Å². The minimum Gasteiger partial charge on any atom is -0.368 e. The largest absolute Gasteiger partial charge is 0.368 e. The number of nitrogens with zero attached hydrogens (tertiary/aromatic N) is 6. The number of hydrogen-bond acceptors (Lipinski definition) is 8. The molecule has 0 amide bonds. The highest BCUT2D eigenvalue weighted by Crippen LogP contribution is 2.28. The quantitative estimate of drug-likeness (QED) is 0.715. The lowest BCUT2D eigenvalue weighted by molar-refractivity contribution is 0.266. The van der Waals surface area contributed by atoms with Crippen molar-refractivity contribution >= 4 is 33.3 Å². The van der Waals surface area contributed by atoms with E-state index >= 15 is 0 Å².